The maximum atomic E-state index is 11.1. The fraction of sp³-hybridized carbons (Fsp3) is 0.286. The van der Waals surface area contributed by atoms with Crippen LogP contribution in [0.2, 0.25) is 0 Å². The lowest BCUT2D eigenvalue weighted by atomic mass is 10.3. The number of hydrogen-bond acceptors (Lipinski definition) is 5. The first kappa shape index (κ1) is 9.07. The Hall–Kier alpha value is -1.50. The molecule has 0 saturated heterocycles. The first-order valence-electron chi connectivity index (χ1n) is 3.88. The third-order valence-corrected chi connectivity index (χ3v) is 2.52. The molecule has 0 saturated carbocycles. The standard InChI is InChI=1S/C7H8N4O2S/c1-5-7-6(3-4-8-5)9-11(10-7)14(2,12)13/h3-4H,1-2H3. The van der Waals surface area contributed by atoms with E-state index in [0.29, 0.717) is 20.9 Å². The van der Waals surface area contributed by atoms with Gasteiger partial charge in [0, 0.05) is 6.20 Å². The van der Waals surface area contributed by atoms with E-state index in [9.17, 15) is 8.42 Å². The molecule has 0 aliphatic carbocycles. The second kappa shape index (κ2) is 2.74. The fourth-order valence-electron chi connectivity index (χ4n) is 1.10. The van der Waals surface area contributed by atoms with Crippen LogP contribution in [-0.4, -0.2) is 34.1 Å². The van der Waals surface area contributed by atoms with Crippen LogP contribution in [0.4, 0.5) is 0 Å². The zero-order valence-electron chi connectivity index (χ0n) is 7.67. The molecule has 2 aromatic rings. The minimum atomic E-state index is -3.41. The molecule has 7 heteroatoms. The molecule has 0 unspecified atom stereocenters. The molecule has 0 spiro atoms. The van der Waals surface area contributed by atoms with Gasteiger partial charge in [-0.25, -0.2) is 8.42 Å². The molecule has 14 heavy (non-hydrogen) atoms. The van der Waals surface area contributed by atoms with E-state index in [1.54, 1.807) is 19.2 Å². The Bertz CT molecular complexity index is 587. The Balaban J connectivity index is 2.81. The Labute approximate surface area is 80.6 Å². The van der Waals surface area contributed by atoms with Gasteiger partial charge in [0.15, 0.2) is 0 Å². The van der Waals surface area contributed by atoms with Crippen molar-refractivity contribution in [1.29, 1.82) is 0 Å². The maximum absolute atomic E-state index is 11.1. The molecule has 74 valence electrons. The second-order valence-electron chi connectivity index (χ2n) is 2.95. The zero-order valence-corrected chi connectivity index (χ0v) is 8.48. The highest BCUT2D eigenvalue weighted by Crippen LogP contribution is 2.10. The predicted molar refractivity (Wildman–Crippen MR) is 50.3 cm³/mol. The van der Waals surface area contributed by atoms with Crippen LogP contribution in [0.3, 0.4) is 0 Å². The van der Waals surface area contributed by atoms with Crippen LogP contribution < -0.4 is 0 Å². The van der Waals surface area contributed by atoms with E-state index in [-0.39, 0.29) is 0 Å². The first-order chi connectivity index (χ1) is 6.48. The summed E-state index contributed by atoms with van der Waals surface area (Å²) >= 11 is 0. The number of aryl methyl sites for hydroxylation is 1. The molecule has 0 radical (unpaired) electrons. The van der Waals surface area contributed by atoms with E-state index in [4.69, 9.17) is 0 Å². The van der Waals surface area contributed by atoms with Gasteiger partial charge in [-0.1, -0.05) is 4.20 Å². The summed E-state index contributed by atoms with van der Waals surface area (Å²) in [5.41, 5.74) is 1.71. The van der Waals surface area contributed by atoms with Gasteiger partial charge in [-0.15, -0.1) is 10.2 Å². The molecule has 2 rings (SSSR count). The first-order valence-corrected chi connectivity index (χ1v) is 5.72. The molecule has 0 atom stereocenters. The molecule has 0 fully saturated rings. The van der Waals surface area contributed by atoms with Crippen LogP contribution in [0.1, 0.15) is 5.69 Å². The highest BCUT2D eigenvalue weighted by molar-refractivity contribution is 7.88. The van der Waals surface area contributed by atoms with Crippen molar-refractivity contribution in [1.82, 2.24) is 19.4 Å². The summed E-state index contributed by atoms with van der Waals surface area (Å²) in [5.74, 6) is 0. The Morgan fingerprint density at radius 2 is 2.07 bits per heavy atom. The van der Waals surface area contributed by atoms with Gasteiger partial charge in [0.05, 0.1) is 11.9 Å². The van der Waals surface area contributed by atoms with Gasteiger partial charge in [0.25, 0.3) is 10.0 Å². The molecular formula is C7H8N4O2S. The summed E-state index contributed by atoms with van der Waals surface area (Å²) in [6.45, 7) is 1.75. The Kier molecular flexibility index (Phi) is 1.78. The van der Waals surface area contributed by atoms with E-state index >= 15 is 0 Å². The molecule has 0 amide bonds. The average molecular weight is 212 g/mol. The molecule has 0 bridgehead atoms. The third kappa shape index (κ3) is 1.35. The van der Waals surface area contributed by atoms with Crippen LogP contribution in [0.15, 0.2) is 12.3 Å². The van der Waals surface area contributed by atoms with Crippen molar-refractivity contribution in [3.05, 3.63) is 18.0 Å². The highest BCUT2D eigenvalue weighted by atomic mass is 32.2. The summed E-state index contributed by atoms with van der Waals surface area (Å²) in [4.78, 5) is 3.99. The fourth-order valence-corrected chi connectivity index (χ4v) is 1.56. The molecular weight excluding hydrogens is 204 g/mol. The predicted octanol–water partition coefficient (Wildman–Crippen LogP) is -0.0576. The number of pyridine rings is 1. The number of nitrogens with zero attached hydrogens (tertiary/aromatic N) is 4. The van der Waals surface area contributed by atoms with Crippen molar-refractivity contribution in [3.63, 3.8) is 0 Å². The molecule has 2 heterocycles. The summed E-state index contributed by atoms with van der Waals surface area (Å²) < 4.78 is 23.0. The Morgan fingerprint density at radius 3 is 2.64 bits per heavy atom. The molecule has 0 aliphatic heterocycles. The van der Waals surface area contributed by atoms with Crippen LogP contribution in [0.25, 0.3) is 11.0 Å². The Morgan fingerprint density at radius 1 is 1.36 bits per heavy atom. The van der Waals surface area contributed by atoms with Gasteiger partial charge >= 0.3 is 0 Å². The van der Waals surface area contributed by atoms with Crippen molar-refractivity contribution in [2.45, 2.75) is 6.92 Å². The van der Waals surface area contributed by atoms with Gasteiger partial charge in [-0.3, -0.25) is 4.98 Å². The van der Waals surface area contributed by atoms with Gasteiger partial charge in [-0.2, -0.15) is 0 Å². The zero-order chi connectivity index (χ0) is 10.3. The summed E-state index contributed by atoms with van der Waals surface area (Å²) in [7, 11) is -3.41. The molecule has 0 aliphatic rings. The van der Waals surface area contributed by atoms with Crippen LogP contribution in [0, 0.1) is 6.92 Å². The van der Waals surface area contributed by atoms with Gasteiger partial charge in [0.1, 0.15) is 11.0 Å². The lowest BCUT2D eigenvalue weighted by Crippen LogP contribution is -2.13. The normalized spacial score (nSPS) is 12.1. The van der Waals surface area contributed by atoms with Crippen LogP contribution in [0.5, 0.6) is 0 Å². The molecule has 2 aromatic heterocycles. The van der Waals surface area contributed by atoms with E-state index in [1.165, 1.54) is 0 Å². The SMILES string of the molecule is Cc1nccc2nn(S(C)(=O)=O)nc12. The van der Waals surface area contributed by atoms with Crippen LogP contribution >= 0.6 is 0 Å². The minimum absolute atomic E-state index is 0.512. The van der Waals surface area contributed by atoms with E-state index < -0.39 is 10.0 Å². The summed E-state index contributed by atoms with van der Waals surface area (Å²) in [6.07, 6.45) is 2.62. The third-order valence-electron chi connectivity index (χ3n) is 1.76. The van der Waals surface area contributed by atoms with Crippen molar-refractivity contribution in [3.8, 4) is 0 Å². The van der Waals surface area contributed by atoms with Crippen LogP contribution in [-0.2, 0) is 10.0 Å². The number of hydrogen-bond donors (Lipinski definition) is 0. The smallest absolute Gasteiger partial charge is 0.259 e. The van der Waals surface area contributed by atoms with Gasteiger partial charge in [-0.05, 0) is 13.0 Å². The van der Waals surface area contributed by atoms with E-state index in [1.807, 2.05) is 0 Å². The lowest BCUT2D eigenvalue weighted by Gasteiger charge is -1.90. The summed E-state index contributed by atoms with van der Waals surface area (Å²) in [5, 5.41) is 7.66. The average Bonchev–Trinajstić information content (AvgIpc) is 2.48. The number of fused-ring (bicyclic) bond motifs is 1. The van der Waals surface area contributed by atoms with Gasteiger partial charge < -0.3 is 0 Å². The number of aromatic nitrogens is 4. The van der Waals surface area contributed by atoms with Crippen molar-refractivity contribution in [2.75, 3.05) is 6.26 Å². The van der Waals surface area contributed by atoms with E-state index in [0.717, 1.165) is 6.26 Å². The van der Waals surface area contributed by atoms with Crippen molar-refractivity contribution in [2.24, 2.45) is 0 Å². The highest BCUT2D eigenvalue weighted by Gasteiger charge is 2.11. The monoisotopic (exact) mass is 212 g/mol. The second-order valence-corrected chi connectivity index (χ2v) is 4.74. The largest absolute Gasteiger partial charge is 0.267 e. The molecule has 6 nitrogen and oxygen atoms in total. The molecule has 0 aromatic carbocycles. The lowest BCUT2D eigenvalue weighted by molar-refractivity contribution is 0.576. The topological polar surface area (TPSA) is 77.7 Å². The van der Waals surface area contributed by atoms with Gasteiger partial charge in [0.2, 0.25) is 0 Å². The van der Waals surface area contributed by atoms with Crippen molar-refractivity contribution < 1.29 is 8.42 Å². The number of rotatable bonds is 1. The molecule has 0 N–H and O–H groups in total. The van der Waals surface area contributed by atoms with E-state index in [2.05, 4.69) is 15.2 Å². The summed E-state index contributed by atoms with van der Waals surface area (Å²) in [6, 6.07) is 1.62. The quantitative estimate of drug-likeness (QED) is 0.662. The maximum Gasteiger partial charge on any atom is 0.267 e. The minimum Gasteiger partial charge on any atom is -0.259 e. The van der Waals surface area contributed by atoms with Crippen molar-refractivity contribution >= 4 is 21.1 Å².